The highest BCUT2D eigenvalue weighted by atomic mass is 16.5. The number of hydrogen-bond acceptors (Lipinski definition) is 7. The molecule has 9 nitrogen and oxygen atoms in total. The zero-order valence-electron chi connectivity index (χ0n) is 24.4. The van der Waals surface area contributed by atoms with Gasteiger partial charge in [-0.2, -0.15) is 0 Å². The van der Waals surface area contributed by atoms with Gasteiger partial charge in [0.2, 0.25) is 0 Å². The van der Waals surface area contributed by atoms with Crippen LogP contribution in [0.15, 0.2) is 71.6 Å². The minimum Gasteiger partial charge on any atom is -0.494 e. The third-order valence-electron chi connectivity index (χ3n) is 6.86. The fraction of sp³-hybridized carbons (Fsp3) is 0.364. The highest BCUT2D eigenvalue weighted by Gasteiger charge is 2.23. The summed E-state index contributed by atoms with van der Waals surface area (Å²) in [5.41, 5.74) is 3.49. The van der Waals surface area contributed by atoms with Gasteiger partial charge in [0.25, 0.3) is 5.91 Å². The second kappa shape index (κ2) is 14.9. The van der Waals surface area contributed by atoms with Gasteiger partial charge >= 0.3 is 5.97 Å². The summed E-state index contributed by atoms with van der Waals surface area (Å²) in [5.74, 6) is 0.119. The second-order valence-electron chi connectivity index (χ2n) is 10.6. The maximum Gasteiger partial charge on any atom is 0.326 e. The van der Waals surface area contributed by atoms with Crippen LogP contribution < -0.4 is 10.1 Å². The van der Waals surface area contributed by atoms with E-state index < -0.39 is 17.9 Å². The number of carboxylic acid groups (broad SMARTS) is 1. The molecule has 0 saturated carbocycles. The SMILES string of the molecule is CCCCCCCOc1ccc(-c2cnc(-c3ccc(C[C@H](NC(=O)c4coc(C(C)C)n4)C(=O)O)cc3)nc2)cc1. The molecule has 2 N–H and O–H groups in total. The van der Waals surface area contributed by atoms with Crippen molar-refractivity contribution in [3.63, 3.8) is 0 Å². The fourth-order valence-electron chi connectivity index (χ4n) is 4.38. The Morgan fingerprint density at radius 2 is 1.57 bits per heavy atom. The van der Waals surface area contributed by atoms with E-state index in [1.807, 2.05) is 62.4 Å². The molecule has 2 aromatic carbocycles. The van der Waals surface area contributed by atoms with Crippen LogP contribution in [0.25, 0.3) is 22.5 Å². The number of amides is 1. The monoisotopic (exact) mass is 570 g/mol. The predicted octanol–water partition coefficient (Wildman–Crippen LogP) is 6.70. The normalized spacial score (nSPS) is 11.8. The molecular formula is C33H38N4O5. The van der Waals surface area contributed by atoms with Crippen molar-refractivity contribution in [2.45, 2.75) is 71.3 Å². The van der Waals surface area contributed by atoms with Crippen molar-refractivity contribution in [1.29, 1.82) is 0 Å². The van der Waals surface area contributed by atoms with Gasteiger partial charge in [0.05, 0.1) is 6.61 Å². The minimum absolute atomic E-state index is 0.0155. The van der Waals surface area contributed by atoms with Crippen LogP contribution >= 0.6 is 0 Å². The molecule has 0 radical (unpaired) electrons. The van der Waals surface area contributed by atoms with E-state index in [-0.39, 0.29) is 18.0 Å². The summed E-state index contributed by atoms with van der Waals surface area (Å²) in [5, 5.41) is 12.2. The van der Waals surface area contributed by atoms with Crippen LogP contribution in [0.5, 0.6) is 5.75 Å². The van der Waals surface area contributed by atoms with Crippen molar-refractivity contribution in [3.8, 4) is 28.3 Å². The van der Waals surface area contributed by atoms with Crippen molar-refractivity contribution in [2.75, 3.05) is 6.61 Å². The van der Waals surface area contributed by atoms with E-state index in [4.69, 9.17) is 9.15 Å². The molecule has 0 saturated heterocycles. The predicted molar refractivity (Wildman–Crippen MR) is 160 cm³/mol. The smallest absolute Gasteiger partial charge is 0.326 e. The highest BCUT2D eigenvalue weighted by Crippen LogP contribution is 2.24. The van der Waals surface area contributed by atoms with E-state index in [2.05, 4.69) is 27.2 Å². The number of nitrogens with one attached hydrogen (secondary N) is 1. The molecule has 0 spiro atoms. The molecule has 0 bridgehead atoms. The molecule has 1 amide bonds. The number of unbranched alkanes of at least 4 members (excludes halogenated alkanes) is 4. The van der Waals surface area contributed by atoms with E-state index >= 15 is 0 Å². The molecule has 4 rings (SSSR count). The van der Waals surface area contributed by atoms with Crippen molar-refractivity contribution in [2.24, 2.45) is 0 Å². The first-order valence-electron chi connectivity index (χ1n) is 14.5. The van der Waals surface area contributed by atoms with Gasteiger partial charge in [0.1, 0.15) is 18.1 Å². The standard InChI is InChI=1S/C33H38N4O5/c1-4-5-6-7-8-17-41-27-15-13-24(14-16-27)26-19-34-30(35-20-26)25-11-9-23(10-12-25)18-28(33(39)40)36-31(38)29-21-42-32(37-29)22(2)3/h9-16,19-22,28H,4-8,17-18H2,1-3H3,(H,36,38)(H,39,40)/t28-/m0/s1. The summed E-state index contributed by atoms with van der Waals surface area (Å²) in [6, 6.07) is 14.1. The number of benzene rings is 2. The number of aromatic nitrogens is 3. The van der Waals surface area contributed by atoms with Gasteiger partial charge in [-0.1, -0.05) is 82.9 Å². The Kier molecular flexibility index (Phi) is 10.8. The topological polar surface area (TPSA) is 127 Å². The second-order valence-corrected chi connectivity index (χ2v) is 10.6. The van der Waals surface area contributed by atoms with Crippen LogP contribution in [-0.4, -0.2) is 44.6 Å². The van der Waals surface area contributed by atoms with Crippen molar-refractivity contribution in [1.82, 2.24) is 20.3 Å². The average molecular weight is 571 g/mol. The van der Waals surface area contributed by atoms with Gasteiger partial charge in [-0.15, -0.1) is 0 Å². The molecule has 0 aliphatic heterocycles. The van der Waals surface area contributed by atoms with E-state index in [0.717, 1.165) is 41.0 Å². The van der Waals surface area contributed by atoms with Gasteiger partial charge in [-0.3, -0.25) is 4.79 Å². The van der Waals surface area contributed by atoms with Crippen molar-refractivity contribution >= 4 is 11.9 Å². The Morgan fingerprint density at radius 3 is 2.19 bits per heavy atom. The van der Waals surface area contributed by atoms with E-state index in [1.165, 1.54) is 31.9 Å². The largest absolute Gasteiger partial charge is 0.494 e. The zero-order valence-corrected chi connectivity index (χ0v) is 24.4. The summed E-state index contributed by atoms with van der Waals surface area (Å²) in [6.45, 7) is 6.72. The molecule has 0 unspecified atom stereocenters. The Hall–Kier alpha value is -4.53. The van der Waals surface area contributed by atoms with E-state index in [1.54, 1.807) is 12.4 Å². The summed E-state index contributed by atoms with van der Waals surface area (Å²) in [6.07, 6.45) is 11.0. The van der Waals surface area contributed by atoms with Crippen LogP contribution in [-0.2, 0) is 11.2 Å². The minimum atomic E-state index is -1.14. The molecule has 2 heterocycles. The molecule has 0 fully saturated rings. The first-order valence-corrected chi connectivity index (χ1v) is 14.5. The molecule has 0 aliphatic rings. The number of nitrogens with zero attached hydrogens (tertiary/aromatic N) is 3. The molecule has 9 heteroatoms. The van der Waals surface area contributed by atoms with Gasteiger partial charge < -0.3 is 19.6 Å². The maximum atomic E-state index is 12.5. The van der Waals surface area contributed by atoms with Crippen LogP contribution in [0, 0.1) is 0 Å². The van der Waals surface area contributed by atoms with Crippen LogP contribution in [0.1, 0.15) is 80.7 Å². The Labute approximate surface area is 246 Å². The summed E-state index contributed by atoms with van der Waals surface area (Å²) in [7, 11) is 0. The summed E-state index contributed by atoms with van der Waals surface area (Å²) >= 11 is 0. The first kappa shape index (κ1) is 30.4. The van der Waals surface area contributed by atoms with Crippen LogP contribution in [0.2, 0.25) is 0 Å². The molecule has 220 valence electrons. The Bertz CT molecular complexity index is 1430. The number of hydrogen-bond donors (Lipinski definition) is 2. The van der Waals surface area contributed by atoms with E-state index in [9.17, 15) is 14.7 Å². The van der Waals surface area contributed by atoms with Crippen molar-refractivity contribution in [3.05, 3.63) is 84.3 Å². The molecule has 2 aromatic heterocycles. The number of oxazole rings is 1. The first-order chi connectivity index (χ1) is 20.3. The number of ether oxygens (including phenoxy) is 1. The summed E-state index contributed by atoms with van der Waals surface area (Å²) < 4.78 is 11.1. The third kappa shape index (κ3) is 8.49. The lowest BCUT2D eigenvalue weighted by Crippen LogP contribution is -2.42. The maximum absolute atomic E-state index is 12.5. The summed E-state index contributed by atoms with van der Waals surface area (Å²) in [4.78, 5) is 37.6. The lowest BCUT2D eigenvalue weighted by Gasteiger charge is -2.14. The third-order valence-corrected chi connectivity index (χ3v) is 6.86. The zero-order chi connectivity index (χ0) is 29.9. The van der Waals surface area contributed by atoms with Gasteiger partial charge in [0.15, 0.2) is 17.4 Å². The van der Waals surface area contributed by atoms with E-state index in [0.29, 0.717) is 11.7 Å². The Balaban J connectivity index is 1.32. The fourth-order valence-corrected chi connectivity index (χ4v) is 4.38. The molecule has 42 heavy (non-hydrogen) atoms. The highest BCUT2D eigenvalue weighted by molar-refractivity contribution is 5.94. The lowest BCUT2D eigenvalue weighted by atomic mass is 10.0. The molecule has 1 atom stereocenters. The number of carbonyl (C=O) groups excluding carboxylic acids is 1. The number of rotatable bonds is 15. The number of carbonyl (C=O) groups is 2. The van der Waals surface area contributed by atoms with Gasteiger partial charge in [-0.05, 0) is 29.7 Å². The Morgan fingerprint density at radius 1 is 0.905 bits per heavy atom. The molecule has 4 aromatic rings. The number of aliphatic carboxylic acids is 1. The van der Waals surface area contributed by atoms with Crippen LogP contribution in [0.4, 0.5) is 0 Å². The van der Waals surface area contributed by atoms with Crippen LogP contribution in [0.3, 0.4) is 0 Å². The van der Waals surface area contributed by atoms with Gasteiger partial charge in [0, 0.05) is 35.9 Å². The average Bonchev–Trinajstić information content (AvgIpc) is 3.51. The lowest BCUT2D eigenvalue weighted by molar-refractivity contribution is -0.139. The van der Waals surface area contributed by atoms with Gasteiger partial charge in [-0.25, -0.2) is 19.7 Å². The number of carboxylic acids is 1. The van der Waals surface area contributed by atoms with Crippen molar-refractivity contribution < 1.29 is 23.8 Å². The molecular weight excluding hydrogens is 532 g/mol. The molecule has 0 aliphatic carbocycles. The quantitative estimate of drug-likeness (QED) is 0.151.